The molecule has 2 rings (SSSR count). The summed E-state index contributed by atoms with van der Waals surface area (Å²) in [5.41, 5.74) is 0.547. The molecule has 1 aliphatic carbocycles. The number of amides is 1. The van der Waals surface area contributed by atoms with E-state index in [1.54, 1.807) is 31.4 Å². The normalized spacial score (nSPS) is 14.9. The third-order valence-electron chi connectivity index (χ3n) is 4.59. The monoisotopic (exact) mass is 414 g/mol. The first-order valence-corrected chi connectivity index (χ1v) is 12.3. The van der Waals surface area contributed by atoms with Gasteiger partial charge >= 0.3 is 0 Å². The van der Waals surface area contributed by atoms with Gasteiger partial charge in [-0.05, 0) is 31.4 Å². The molecule has 1 aliphatic rings. The fraction of sp³-hybridized carbons (Fsp3) is 0.632. The largest absolute Gasteiger partial charge is 0.497 e. The minimum Gasteiger partial charge on any atom is -0.497 e. The molecule has 27 heavy (non-hydrogen) atoms. The molecule has 1 aromatic carbocycles. The highest BCUT2D eigenvalue weighted by atomic mass is 32.2. The van der Waals surface area contributed by atoms with Crippen molar-refractivity contribution in [3.8, 4) is 5.75 Å². The van der Waals surface area contributed by atoms with Crippen LogP contribution < -0.4 is 14.4 Å². The number of rotatable bonds is 11. The second-order valence-corrected chi connectivity index (χ2v) is 10.1. The van der Waals surface area contributed by atoms with Crippen molar-refractivity contribution in [1.82, 2.24) is 5.32 Å². The minimum absolute atomic E-state index is 0.0267. The average molecular weight is 415 g/mol. The lowest BCUT2D eigenvalue weighted by Crippen LogP contribution is -2.32. The van der Waals surface area contributed by atoms with Gasteiger partial charge in [-0.2, -0.15) is 11.8 Å². The lowest BCUT2D eigenvalue weighted by molar-refractivity contribution is -0.121. The Labute approximate surface area is 167 Å². The van der Waals surface area contributed by atoms with Gasteiger partial charge in [0.2, 0.25) is 15.9 Å². The van der Waals surface area contributed by atoms with Crippen LogP contribution in [-0.4, -0.2) is 51.8 Å². The van der Waals surface area contributed by atoms with Crippen molar-refractivity contribution in [2.24, 2.45) is 0 Å². The number of nitrogens with one attached hydrogen (secondary N) is 1. The Morgan fingerprint density at radius 2 is 2.07 bits per heavy atom. The zero-order valence-corrected chi connectivity index (χ0v) is 17.8. The van der Waals surface area contributed by atoms with Crippen molar-refractivity contribution in [1.29, 1.82) is 0 Å². The van der Waals surface area contributed by atoms with E-state index in [9.17, 15) is 13.2 Å². The summed E-state index contributed by atoms with van der Waals surface area (Å²) < 4.78 is 30.7. The van der Waals surface area contributed by atoms with Gasteiger partial charge in [-0.15, -0.1) is 0 Å². The van der Waals surface area contributed by atoms with Crippen LogP contribution in [0.5, 0.6) is 5.75 Å². The van der Waals surface area contributed by atoms with Crippen LogP contribution in [0.25, 0.3) is 0 Å². The number of thioether (sulfide) groups is 1. The van der Waals surface area contributed by atoms with Crippen LogP contribution in [0, 0.1) is 0 Å². The van der Waals surface area contributed by atoms with Crippen LogP contribution in [0.4, 0.5) is 5.69 Å². The molecule has 6 nitrogen and oxygen atoms in total. The molecule has 0 unspecified atom stereocenters. The Balaban J connectivity index is 1.75. The number of carbonyl (C=O) groups is 1. The van der Waals surface area contributed by atoms with Crippen LogP contribution in [0.2, 0.25) is 0 Å². The van der Waals surface area contributed by atoms with E-state index in [2.05, 4.69) is 5.32 Å². The highest BCUT2D eigenvalue weighted by molar-refractivity contribution is 7.99. The second-order valence-electron chi connectivity index (χ2n) is 6.77. The maximum Gasteiger partial charge on any atom is 0.232 e. The first-order chi connectivity index (χ1) is 12.9. The van der Waals surface area contributed by atoms with Crippen molar-refractivity contribution in [3.63, 3.8) is 0 Å². The zero-order chi connectivity index (χ0) is 19.7. The van der Waals surface area contributed by atoms with E-state index in [4.69, 9.17) is 4.74 Å². The van der Waals surface area contributed by atoms with E-state index in [0.717, 1.165) is 11.0 Å². The Bertz CT molecular complexity index is 703. The van der Waals surface area contributed by atoms with Crippen molar-refractivity contribution in [2.75, 3.05) is 36.5 Å². The molecule has 1 fully saturated rings. The minimum atomic E-state index is -3.43. The van der Waals surface area contributed by atoms with Crippen LogP contribution in [0.15, 0.2) is 24.3 Å². The van der Waals surface area contributed by atoms with E-state index in [-0.39, 0.29) is 12.5 Å². The molecule has 1 aromatic rings. The van der Waals surface area contributed by atoms with Gasteiger partial charge in [0.1, 0.15) is 5.75 Å². The second kappa shape index (κ2) is 10.8. The molecule has 0 spiro atoms. The summed E-state index contributed by atoms with van der Waals surface area (Å²) in [5, 5.41) is 3.69. The van der Waals surface area contributed by atoms with Gasteiger partial charge < -0.3 is 10.1 Å². The number of anilines is 1. The number of sulfonamides is 1. The van der Waals surface area contributed by atoms with Gasteiger partial charge in [-0.25, -0.2) is 8.42 Å². The Morgan fingerprint density at radius 3 is 2.74 bits per heavy atom. The summed E-state index contributed by atoms with van der Waals surface area (Å²) in [5.74, 6) is 1.51. The number of hydrogen-bond acceptors (Lipinski definition) is 5. The Kier molecular flexibility index (Phi) is 8.76. The Morgan fingerprint density at radius 1 is 1.33 bits per heavy atom. The summed E-state index contributed by atoms with van der Waals surface area (Å²) in [6, 6.07) is 6.92. The van der Waals surface area contributed by atoms with Gasteiger partial charge in [0, 0.05) is 36.6 Å². The number of nitrogens with zero attached hydrogens (tertiary/aromatic N) is 1. The van der Waals surface area contributed by atoms with Crippen molar-refractivity contribution >= 4 is 33.4 Å². The van der Waals surface area contributed by atoms with Gasteiger partial charge in [0.25, 0.3) is 0 Å². The number of methoxy groups -OCH3 is 1. The standard InChI is InChI=1S/C19H30N2O4S2/c1-25-17-8-5-7-16(15-17)21(27(2,23)24)13-6-11-19(22)20-12-14-26-18-9-3-4-10-18/h5,7-8,15,18H,3-4,6,9-14H2,1-2H3,(H,20,22). The molecule has 1 saturated carbocycles. The maximum atomic E-state index is 12.1. The van der Waals surface area contributed by atoms with Gasteiger partial charge in [0.15, 0.2) is 0 Å². The number of hydrogen-bond donors (Lipinski definition) is 1. The van der Waals surface area contributed by atoms with E-state index in [1.807, 2.05) is 11.8 Å². The van der Waals surface area contributed by atoms with E-state index >= 15 is 0 Å². The number of ether oxygens (including phenoxy) is 1. The maximum absolute atomic E-state index is 12.1. The quantitative estimate of drug-likeness (QED) is 0.563. The first kappa shape index (κ1) is 21.9. The van der Waals surface area contributed by atoms with Crippen LogP contribution in [0.1, 0.15) is 38.5 Å². The summed E-state index contributed by atoms with van der Waals surface area (Å²) in [7, 11) is -1.89. The molecule has 0 atom stereocenters. The van der Waals surface area contributed by atoms with Crippen LogP contribution in [-0.2, 0) is 14.8 Å². The van der Waals surface area contributed by atoms with Crippen LogP contribution in [0.3, 0.4) is 0 Å². The lowest BCUT2D eigenvalue weighted by Gasteiger charge is -2.22. The zero-order valence-electron chi connectivity index (χ0n) is 16.1. The molecule has 0 radical (unpaired) electrons. The van der Waals surface area contributed by atoms with E-state index in [0.29, 0.717) is 30.8 Å². The predicted molar refractivity (Wildman–Crippen MR) is 112 cm³/mol. The van der Waals surface area contributed by atoms with E-state index < -0.39 is 10.0 Å². The molecule has 1 amide bonds. The van der Waals surface area contributed by atoms with Gasteiger partial charge in [-0.3, -0.25) is 9.10 Å². The third kappa shape index (κ3) is 7.62. The highest BCUT2D eigenvalue weighted by Crippen LogP contribution is 2.28. The molecule has 8 heteroatoms. The summed E-state index contributed by atoms with van der Waals surface area (Å²) >= 11 is 1.94. The topological polar surface area (TPSA) is 75.7 Å². The van der Waals surface area contributed by atoms with E-state index in [1.165, 1.54) is 36.2 Å². The van der Waals surface area contributed by atoms with Gasteiger partial charge in [0.05, 0.1) is 19.1 Å². The smallest absolute Gasteiger partial charge is 0.232 e. The summed E-state index contributed by atoms with van der Waals surface area (Å²) in [4.78, 5) is 12.0. The van der Waals surface area contributed by atoms with Crippen molar-refractivity contribution in [2.45, 2.75) is 43.8 Å². The number of benzene rings is 1. The molecular formula is C19H30N2O4S2. The predicted octanol–water partition coefficient (Wildman–Crippen LogP) is 3.03. The SMILES string of the molecule is COc1cccc(N(CCCC(=O)NCCSC2CCCC2)S(C)(=O)=O)c1. The molecule has 0 aromatic heterocycles. The fourth-order valence-corrected chi connectivity index (χ4v) is 5.37. The fourth-order valence-electron chi connectivity index (χ4n) is 3.19. The Hall–Kier alpha value is -1.41. The van der Waals surface area contributed by atoms with Crippen molar-refractivity contribution in [3.05, 3.63) is 24.3 Å². The van der Waals surface area contributed by atoms with Gasteiger partial charge in [-0.1, -0.05) is 18.9 Å². The first-order valence-electron chi connectivity index (χ1n) is 9.40. The number of carbonyl (C=O) groups excluding carboxylic acids is 1. The average Bonchev–Trinajstić information content (AvgIpc) is 3.15. The summed E-state index contributed by atoms with van der Waals surface area (Å²) in [6.07, 6.45) is 7.19. The molecule has 1 N–H and O–H groups in total. The molecular weight excluding hydrogens is 384 g/mol. The third-order valence-corrected chi connectivity index (χ3v) is 7.16. The summed E-state index contributed by atoms with van der Waals surface area (Å²) in [6.45, 7) is 0.932. The molecule has 0 aliphatic heterocycles. The molecule has 0 saturated heterocycles. The molecule has 0 heterocycles. The van der Waals surface area contributed by atoms with Crippen molar-refractivity contribution < 1.29 is 17.9 Å². The van der Waals surface area contributed by atoms with Crippen LogP contribution >= 0.6 is 11.8 Å². The molecule has 152 valence electrons. The lowest BCUT2D eigenvalue weighted by atomic mass is 10.2. The highest BCUT2D eigenvalue weighted by Gasteiger charge is 2.18. The molecule has 0 bridgehead atoms.